The minimum atomic E-state index is -0.687. The Kier molecular flexibility index (Phi) is 5.06. The summed E-state index contributed by atoms with van der Waals surface area (Å²) in [5, 5.41) is 0.276. The van der Waals surface area contributed by atoms with Crippen molar-refractivity contribution in [1.82, 2.24) is 19.1 Å². The molecular weight excluding hydrogens is 424 g/mol. The lowest BCUT2D eigenvalue weighted by molar-refractivity contribution is 0.0596. The summed E-state index contributed by atoms with van der Waals surface area (Å²) in [6.07, 6.45) is 0. The van der Waals surface area contributed by atoms with Crippen LogP contribution in [0.25, 0.3) is 27.7 Å². The summed E-state index contributed by atoms with van der Waals surface area (Å²) in [5.41, 5.74) is 1.40. The Morgan fingerprint density at radius 3 is 2.42 bits per heavy atom. The van der Waals surface area contributed by atoms with Gasteiger partial charge in [0.05, 0.1) is 23.7 Å². The molecular formula is C21H19ClN4O5. The maximum absolute atomic E-state index is 13.2. The molecule has 0 atom stereocenters. The van der Waals surface area contributed by atoms with Crippen molar-refractivity contribution in [3.63, 3.8) is 0 Å². The van der Waals surface area contributed by atoms with E-state index in [0.717, 1.165) is 0 Å². The first-order valence-corrected chi connectivity index (χ1v) is 9.84. The van der Waals surface area contributed by atoms with E-state index in [9.17, 15) is 14.4 Å². The third kappa shape index (κ3) is 3.17. The highest BCUT2D eigenvalue weighted by molar-refractivity contribution is 6.30. The molecule has 0 bridgehead atoms. The van der Waals surface area contributed by atoms with E-state index in [1.165, 1.54) is 22.6 Å². The number of hydrogen-bond donors (Lipinski definition) is 0. The summed E-state index contributed by atoms with van der Waals surface area (Å²) < 4.78 is 14.4. The quantitative estimate of drug-likeness (QED) is 0.356. The van der Waals surface area contributed by atoms with Crippen LogP contribution in [-0.4, -0.2) is 32.2 Å². The third-order valence-corrected chi connectivity index (χ3v) is 5.28. The third-order valence-electron chi connectivity index (χ3n) is 5.09. The average Bonchev–Trinajstić information content (AvgIpc) is 3.18. The molecule has 0 spiro atoms. The molecule has 4 aromatic rings. The second kappa shape index (κ2) is 7.59. The molecule has 0 saturated carbocycles. The number of fused-ring (bicyclic) bond motifs is 1. The van der Waals surface area contributed by atoms with Crippen LogP contribution in [0.3, 0.4) is 0 Å². The monoisotopic (exact) mass is 442 g/mol. The Morgan fingerprint density at radius 2 is 1.87 bits per heavy atom. The lowest BCUT2D eigenvalue weighted by Gasteiger charge is -2.12. The lowest BCUT2D eigenvalue weighted by Crippen LogP contribution is -2.21. The molecule has 0 aliphatic carbocycles. The Bertz CT molecular complexity index is 1440. The molecule has 10 heteroatoms. The van der Waals surface area contributed by atoms with Crippen molar-refractivity contribution < 1.29 is 14.1 Å². The molecule has 0 radical (unpaired) electrons. The van der Waals surface area contributed by atoms with E-state index in [2.05, 4.69) is 4.98 Å². The summed E-state index contributed by atoms with van der Waals surface area (Å²) in [7, 11) is 2.79. The van der Waals surface area contributed by atoms with Gasteiger partial charge in [0.1, 0.15) is 16.4 Å². The Balaban J connectivity index is 1.94. The molecule has 3 aromatic heterocycles. The maximum atomic E-state index is 13.2. The number of halogens is 1. The van der Waals surface area contributed by atoms with Gasteiger partial charge in [-0.1, -0.05) is 23.7 Å². The maximum Gasteiger partial charge on any atom is 0.358 e. The van der Waals surface area contributed by atoms with Gasteiger partial charge in [-0.3, -0.25) is 14.3 Å². The molecule has 9 nitrogen and oxygen atoms in total. The van der Waals surface area contributed by atoms with Crippen LogP contribution in [0, 0.1) is 6.92 Å². The Morgan fingerprint density at radius 1 is 1.19 bits per heavy atom. The topological polar surface area (TPSA) is 101 Å². The van der Waals surface area contributed by atoms with Crippen molar-refractivity contribution in [3.8, 4) is 16.8 Å². The molecule has 0 saturated heterocycles. The average molecular weight is 443 g/mol. The van der Waals surface area contributed by atoms with Gasteiger partial charge in [0, 0.05) is 13.6 Å². The fourth-order valence-corrected chi connectivity index (χ4v) is 3.94. The van der Waals surface area contributed by atoms with Gasteiger partial charge in [0.25, 0.3) is 11.1 Å². The Hall–Kier alpha value is -3.59. The molecule has 1 aromatic carbocycles. The second-order valence-corrected chi connectivity index (χ2v) is 7.27. The number of methoxy groups -OCH3 is 1. The normalized spacial score (nSPS) is 11.3. The SMILES string of the molecule is CCn1c2c(C(=O)OC)nc(Cl)cc2c(=O)n1-c1ccc(-c2c(C)on(C)c2=O)cc1. The fraction of sp³-hybridized carbons (Fsp3) is 0.238. The first-order chi connectivity index (χ1) is 14.8. The number of esters is 1. The number of carbonyl (C=O) groups excluding carboxylic acids is 1. The molecule has 31 heavy (non-hydrogen) atoms. The Labute approximate surface area is 181 Å². The van der Waals surface area contributed by atoms with Gasteiger partial charge in [-0.2, -0.15) is 4.74 Å². The first kappa shape index (κ1) is 20.7. The van der Waals surface area contributed by atoms with Gasteiger partial charge in [-0.05, 0) is 37.6 Å². The number of pyridine rings is 1. The van der Waals surface area contributed by atoms with E-state index in [1.807, 2.05) is 6.92 Å². The van der Waals surface area contributed by atoms with Gasteiger partial charge in [-0.25, -0.2) is 14.5 Å². The van der Waals surface area contributed by atoms with Crippen molar-refractivity contribution in [2.75, 3.05) is 7.11 Å². The van der Waals surface area contributed by atoms with Crippen molar-refractivity contribution in [2.45, 2.75) is 20.4 Å². The van der Waals surface area contributed by atoms with Gasteiger partial charge < -0.3 is 9.26 Å². The molecule has 0 aliphatic rings. The molecule has 0 N–H and O–H groups in total. The van der Waals surface area contributed by atoms with E-state index < -0.39 is 5.97 Å². The number of aromatic nitrogens is 4. The van der Waals surface area contributed by atoms with Crippen LogP contribution in [0.4, 0.5) is 0 Å². The largest absolute Gasteiger partial charge is 0.464 e. The summed E-state index contributed by atoms with van der Waals surface area (Å²) in [5.74, 6) is -0.183. The fourth-order valence-electron chi connectivity index (χ4n) is 3.75. The van der Waals surface area contributed by atoms with E-state index in [4.69, 9.17) is 20.9 Å². The van der Waals surface area contributed by atoms with Crippen LogP contribution >= 0.6 is 11.6 Å². The highest BCUT2D eigenvalue weighted by Crippen LogP contribution is 2.25. The molecule has 0 unspecified atom stereocenters. The summed E-state index contributed by atoms with van der Waals surface area (Å²) in [6.45, 7) is 3.95. The summed E-state index contributed by atoms with van der Waals surface area (Å²) in [6, 6.07) is 8.36. The van der Waals surface area contributed by atoms with Gasteiger partial charge in [-0.15, -0.1) is 0 Å². The van der Waals surface area contributed by atoms with Gasteiger partial charge >= 0.3 is 5.97 Å². The van der Waals surface area contributed by atoms with Crippen molar-refractivity contribution in [3.05, 3.63) is 67.6 Å². The van der Waals surface area contributed by atoms with Crippen LogP contribution in [0.2, 0.25) is 5.15 Å². The minimum absolute atomic E-state index is 0.0204. The smallest absolute Gasteiger partial charge is 0.358 e. The number of nitrogens with zero attached hydrogens (tertiary/aromatic N) is 4. The van der Waals surface area contributed by atoms with E-state index in [1.54, 1.807) is 42.9 Å². The lowest BCUT2D eigenvalue weighted by atomic mass is 10.1. The van der Waals surface area contributed by atoms with Gasteiger partial charge in [0.2, 0.25) is 0 Å². The number of ether oxygens (including phenoxy) is 1. The zero-order valence-electron chi connectivity index (χ0n) is 17.3. The molecule has 0 fully saturated rings. The van der Waals surface area contributed by atoms with Crippen molar-refractivity contribution in [2.24, 2.45) is 7.05 Å². The number of aryl methyl sites for hydroxylation is 3. The standard InChI is InChI=1S/C21H19ClN4O5/c1-5-25-18-14(10-15(22)23-17(18)21(29)30-4)19(27)26(25)13-8-6-12(7-9-13)16-11(2)31-24(3)20(16)28/h6-10H,5H2,1-4H3. The van der Waals surface area contributed by atoms with Crippen molar-refractivity contribution >= 4 is 28.5 Å². The van der Waals surface area contributed by atoms with Crippen LogP contribution in [0.1, 0.15) is 23.2 Å². The number of benzene rings is 1. The first-order valence-electron chi connectivity index (χ1n) is 9.46. The van der Waals surface area contributed by atoms with Crippen LogP contribution in [-0.2, 0) is 18.3 Å². The highest BCUT2D eigenvalue weighted by Gasteiger charge is 2.23. The molecule has 0 amide bonds. The molecule has 160 valence electrons. The molecule has 4 rings (SSSR count). The second-order valence-electron chi connectivity index (χ2n) is 6.89. The number of rotatable bonds is 4. The summed E-state index contributed by atoms with van der Waals surface area (Å²) in [4.78, 5) is 41.9. The molecule has 3 heterocycles. The number of carbonyl (C=O) groups is 1. The predicted octanol–water partition coefficient (Wildman–Crippen LogP) is 2.91. The van der Waals surface area contributed by atoms with Crippen LogP contribution in [0.15, 0.2) is 44.4 Å². The number of hydrogen-bond acceptors (Lipinski definition) is 6. The zero-order chi connectivity index (χ0) is 22.4. The minimum Gasteiger partial charge on any atom is -0.464 e. The highest BCUT2D eigenvalue weighted by atomic mass is 35.5. The predicted molar refractivity (Wildman–Crippen MR) is 115 cm³/mol. The van der Waals surface area contributed by atoms with Gasteiger partial charge in [0.15, 0.2) is 5.69 Å². The van der Waals surface area contributed by atoms with E-state index >= 15 is 0 Å². The van der Waals surface area contributed by atoms with Crippen LogP contribution < -0.4 is 11.1 Å². The zero-order valence-corrected chi connectivity index (χ0v) is 18.1. The van der Waals surface area contributed by atoms with E-state index in [-0.39, 0.29) is 27.4 Å². The van der Waals surface area contributed by atoms with E-state index in [0.29, 0.717) is 34.6 Å². The van der Waals surface area contributed by atoms with Crippen LogP contribution in [0.5, 0.6) is 0 Å². The summed E-state index contributed by atoms with van der Waals surface area (Å²) >= 11 is 6.05. The molecule has 0 aliphatic heterocycles. The van der Waals surface area contributed by atoms with Crippen molar-refractivity contribution in [1.29, 1.82) is 0 Å².